The molecule has 0 spiro atoms. The molecule has 0 fully saturated rings. The molecule has 4 nitrogen and oxygen atoms in total. The van der Waals surface area contributed by atoms with E-state index in [-0.39, 0.29) is 11.5 Å². The predicted molar refractivity (Wildman–Crippen MR) is 95.6 cm³/mol. The van der Waals surface area contributed by atoms with Gasteiger partial charge in [-0.3, -0.25) is 4.79 Å². The van der Waals surface area contributed by atoms with E-state index in [0.29, 0.717) is 22.2 Å². The van der Waals surface area contributed by atoms with Crippen molar-refractivity contribution >= 4 is 39.4 Å². The summed E-state index contributed by atoms with van der Waals surface area (Å²) in [5, 5.41) is 0. The highest BCUT2D eigenvalue weighted by atomic mass is 127. The van der Waals surface area contributed by atoms with Gasteiger partial charge in [0.25, 0.3) is 0 Å². The van der Waals surface area contributed by atoms with Crippen molar-refractivity contribution in [2.24, 2.45) is 7.05 Å². The second-order valence-electron chi connectivity index (χ2n) is 5.46. The van der Waals surface area contributed by atoms with Gasteiger partial charge in [-0.15, -0.1) is 13.2 Å². The summed E-state index contributed by atoms with van der Waals surface area (Å²) in [5.74, 6) is -0.359. The van der Waals surface area contributed by atoms with Crippen molar-refractivity contribution in [3.8, 4) is 16.9 Å². The van der Waals surface area contributed by atoms with E-state index < -0.39 is 6.36 Å². The molecule has 130 valence electrons. The minimum absolute atomic E-state index is 0.0709. The van der Waals surface area contributed by atoms with Crippen LogP contribution in [0.15, 0.2) is 36.7 Å². The molecule has 0 aliphatic carbocycles. The second kappa shape index (κ2) is 6.32. The Kier molecular flexibility index (Phi) is 4.48. The van der Waals surface area contributed by atoms with Crippen LogP contribution in [-0.4, -0.2) is 21.7 Å². The van der Waals surface area contributed by atoms with Crippen LogP contribution in [0.4, 0.5) is 13.2 Å². The number of Topliss-reactive ketones (excluding diaryl/α,β-unsaturated/α-hetero) is 1. The normalized spacial score (nSPS) is 11.8. The lowest BCUT2D eigenvalue weighted by atomic mass is 10.00. The fourth-order valence-corrected chi connectivity index (χ4v) is 3.64. The number of ether oxygens (including phenoxy) is 1. The standard InChI is InChI=1S/C17H12F3IN2O2/c1-9(24)14-13(21)7-12(15-16(14)23(2)8-22-15)10-3-5-11(6-4-10)25-17(18,19)20/h3-8H,1-2H3. The molecule has 0 atom stereocenters. The van der Waals surface area contributed by atoms with Crippen molar-refractivity contribution in [1.82, 2.24) is 9.55 Å². The number of aryl methyl sites for hydroxylation is 1. The van der Waals surface area contributed by atoms with Gasteiger partial charge in [-0.1, -0.05) is 12.1 Å². The number of carbonyl (C=O) groups is 1. The topological polar surface area (TPSA) is 44.1 Å². The first-order chi connectivity index (χ1) is 11.7. The number of benzene rings is 2. The lowest BCUT2D eigenvalue weighted by Crippen LogP contribution is -2.16. The number of rotatable bonds is 3. The largest absolute Gasteiger partial charge is 0.573 e. The Morgan fingerprint density at radius 1 is 1.24 bits per heavy atom. The summed E-state index contributed by atoms with van der Waals surface area (Å²) < 4.78 is 43.3. The average Bonchev–Trinajstić information content (AvgIpc) is 2.87. The van der Waals surface area contributed by atoms with E-state index in [9.17, 15) is 18.0 Å². The van der Waals surface area contributed by atoms with E-state index in [2.05, 4.69) is 32.3 Å². The SMILES string of the molecule is CC(=O)c1c(I)cc(-c2ccc(OC(F)(F)F)cc2)c2ncn(C)c12. The van der Waals surface area contributed by atoms with Crippen molar-refractivity contribution in [3.05, 3.63) is 45.8 Å². The summed E-state index contributed by atoms with van der Waals surface area (Å²) in [6, 6.07) is 7.39. The lowest BCUT2D eigenvalue weighted by Gasteiger charge is -2.11. The van der Waals surface area contributed by atoms with Gasteiger partial charge < -0.3 is 9.30 Å². The van der Waals surface area contributed by atoms with E-state index in [4.69, 9.17) is 0 Å². The van der Waals surface area contributed by atoms with Gasteiger partial charge in [0.05, 0.1) is 22.9 Å². The number of imidazole rings is 1. The summed E-state index contributed by atoms with van der Waals surface area (Å²) in [4.78, 5) is 16.3. The Bertz CT molecular complexity index is 963. The molecule has 0 amide bonds. The zero-order valence-corrected chi connectivity index (χ0v) is 15.3. The molecule has 0 aliphatic rings. The Hall–Kier alpha value is -2.10. The molecule has 2 aromatic carbocycles. The number of fused-ring (bicyclic) bond motifs is 1. The molecule has 1 heterocycles. The van der Waals surface area contributed by atoms with Crippen LogP contribution in [0.25, 0.3) is 22.2 Å². The van der Waals surface area contributed by atoms with Gasteiger partial charge in [0.15, 0.2) is 5.78 Å². The maximum absolute atomic E-state index is 12.3. The number of halogens is 4. The van der Waals surface area contributed by atoms with E-state index in [0.717, 1.165) is 9.13 Å². The zero-order chi connectivity index (χ0) is 18.4. The van der Waals surface area contributed by atoms with Crippen molar-refractivity contribution in [3.63, 3.8) is 0 Å². The zero-order valence-electron chi connectivity index (χ0n) is 13.2. The quantitative estimate of drug-likeness (QED) is 0.411. The summed E-state index contributed by atoms with van der Waals surface area (Å²) in [7, 11) is 1.79. The number of carbonyl (C=O) groups excluding carboxylic acids is 1. The monoisotopic (exact) mass is 460 g/mol. The predicted octanol–water partition coefficient (Wildman–Crippen LogP) is 4.95. The van der Waals surface area contributed by atoms with Gasteiger partial charge in [-0.25, -0.2) is 4.98 Å². The molecule has 0 saturated heterocycles. The first kappa shape index (κ1) is 17.7. The average molecular weight is 460 g/mol. The highest BCUT2D eigenvalue weighted by Crippen LogP contribution is 2.34. The van der Waals surface area contributed by atoms with E-state index in [1.165, 1.54) is 31.2 Å². The smallest absolute Gasteiger partial charge is 0.406 e. The van der Waals surface area contributed by atoms with Gasteiger partial charge in [-0.2, -0.15) is 0 Å². The Labute approximate surface area is 154 Å². The van der Waals surface area contributed by atoms with Gasteiger partial charge in [0, 0.05) is 16.2 Å². The maximum Gasteiger partial charge on any atom is 0.573 e. The van der Waals surface area contributed by atoms with Crippen LogP contribution in [0.2, 0.25) is 0 Å². The first-order valence-corrected chi connectivity index (χ1v) is 8.26. The van der Waals surface area contributed by atoms with Crippen LogP contribution in [-0.2, 0) is 7.05 Å². The van der Waals surface area contributed by atoms with Crippen LogP contribution < -0.4 is 4.74 Å². The van der Waals surface area contributed by atoms with Gasteiger partial charge in [-0.05, 0) is 53.3 Å². The van der Waals surface area contributed by atoms with E-state index >= 15 is 0 Å². The fourth-order valence-electron chi connectivity index (χ4n) is 2.69. The minimum Gasteiger partial charge on any atom is -0.406 e. The number of alkyl halides is 3. The molecule has 3 rings (SSSR count). The van der Waals surface area contributed by atoms with E-state index in [1.54, 1.807) is 17.9 Å². The van der Waals surface area contributed by atoms with Crippen LogP contribution in [0, 0.1) is 3.57 Å². The second-order valence-corrected chi connectivity index (χ2v) is 6.62. The third kappa shape index (κ3) is 3.48. The molecule has 0 aliphatic heterocycles. The van der Waals surface area contributed by atoms with E-state index in [1.807, 2.05) is 6.07 Å². The molecule has 0 N–H and O–H groups in total. The number of ketones is 1. The van der Waals surface area contributed by atoms with Crippen LogP contribution >= 0.6 is 22.6 Å². The highest BCUT2D eigenvalue weighted by Gasteiger charge is 2.31. The van der Waals surface area contributed by atoms with Crippen molar-refractivity contribution < 1.29 is 22.7 Å². The third-order valence-electron chi connectivity index (χ3n) is 3.69. The summed E-state index contributed by atoms with van der Waals surface area (Å²) >= 11 is 2.08. The molecular formula is C17H12F3IN2O2. The fraction of sp³-hybridized carbons (Fsp3) is 0.176. The molecule has 8 heteroatoms. The summed E-state index contributed by atoms with van der Waals surface area (Å²) in [5.41, 5.74) is 3.33. The van der Waals surface area contributed by atoms with Crippen molar-refractivity contribution in [1.29, 1.82) is 0 Å². The van der Waals surface area contributed by atoms with Crippen LogP contribution in [0.3, 0.4) is 0 Å². The summed E-state index contributed by atoms with van der Waals surface area (Å²) in [6.45, 7) is 1.49. The third-order valence-corrected chi connectivity index (χ3v) is 4.54. The van der Waals surface area contributed by atoms with Gasteiger partial charge >= 0.3 is 6.36 Å². The van der Waals surface area contributed by atoms with Gasteiger partial charge in [0.1, 0.15) is 5.75 Å². The Morgan fingerprint density at radius 3 is 2.44 bits per heavy atom. The molecule has 3 aromatic rings. The van der Waals surface area contributed by atoms with Crippen LogP contribution in [0.1, 0.15) is 17.3 Å². The van der Waals surface area contributed by atoms with Crippen LogP contribution in [0.5, 0.6) is 5.75 Å². The Balaban J connectivity index is 2.14. The molecule has 0 radical (unpaired) electrons. The maximum atomic E-state index is 12.3. The lowest BCUT2D eigenvalue weighted by molar-refractivity contribution is -0.274. The van der Waals surface area contributed by atoms with Crippen molar-refractivity contribution in [2.75, 3.05) is 0 Å². The highest BCUT2D eigenvalue weighted by molar-refractivity contribution is 14.1. The summed E-state index contributed by atoms with van der Waals surface area (Å²) in [6.07, 6.45) is -3.12. The molecule has 1 aromatic heterocycles. The number of hydrogen-bond donors (Lipinski definition) is 0. The number of nitrogens with zero attached hydrogens (tertiary/aromatic N) is 2. The molecule has 0 bridgehead atoms. The molecular weight excluding hydrogens is 448 g/mol. The van der Waals surface area contributed by atoms with Crippen molar-refractivity contribution in [2.45, 2.75) is 13.3 Å². The molecule has 0 saturated carbocycles. The molecule has 0 unspecified atom stereocenters. The number of hydrogen-bond acceptors (Lipinski definition) is 3. The van der Waals surface area contributed by atoms with Gasteiger partial charge in [0.2, 0.25) is 0 Å². The number of aromatic nitrogens is 2. The first-order valence-electron chi connectivity index (χ1n) is 7.18. The molecule has 25 heavy (non-hydrogen) atoms. The Morgan fingerprint density at radius 2 is 1.88 bits per heavy atom. The minimum atomic E-state index is -4.73.